The molecule has 0 heterocycles. The summed E-state index contributed by atoms with van der Waals surface area (Å²) in [6.45, 7) is 0. The van der Waals surface area contributed by atoms with E-state index in [-0.39, 0.29) is 25.8 Å². The van der Waals surface area contributed by atoms with Gasteiger partial charge in [-0.25, -0.2) is 12.8 Å². The summed E-state index contributed by atoms with van der Waals surface area (Å²) in [7, 11) is -3.94. The highest BCUT2D eigenvalue weighted by Gasteiger charge is 2.18. The minimum atomic E-state index is -3.94. The number of benzene rings is 2. The Labute approximate surface area is 128 Å². The first-order chi connectivity index (χ1) is 9.29. The van der Waals surface area contributed by atoms with E-state index in [1.165, 1.54) is 30.3 Å². The van der Waals surface area contributed by atoms with Crippen LogP contribution in [0.25, 0.3) is 0 Å². The second-order valence-electron chi connectivity index (χ2n) is 3.92. The highest BCUT2D eigenvalue weighted by molar-refractivity contribution is 9.10. The standard InChI is InChI=1S/C12H9BrClFN2O2S/c13-9-3-2-8(6-11(9)15)17-20(18,19)12-5-7(16)1-4-10(12)14/h1-6,17H,16H2. The van der Waals surface area contributed by atoms with E-state index in [4.69, 9.17) is 17.3 Å². The number of halogens is 3. The first kappa shape index (κ1) is 15.1. The van der Waals surface area contributed by atoms with Crippen molar-refractivity contribution in [3.05, 3.63) is 51.7 Å². The van der Waals surface area contributed by atoms with Crippen molar-refractivity contribution in [2.45, 2.75) is 4.90 Å². The Balaban J connectivity index is 2.40. The van der Waals surface area contributed by atoms with Crippen molar-refractivity contribution >= 4 is 48.9 Å². The summed E-state index contributed by atoms with van der Waals surface area (Å²) < 4.78 is 40.2. The lowest BCUT2D eigenvalue weighted by atomic mass is 10.3. The number of hydrogen-bond acceptors (Lipinski definition) is 3. The van der Waals surface area contributed by atoms with Gasteiger partial charge in [0.1, 0.15) is 10.7 Å². The molecule has 3 N–H and O–H groups in total. The molecule has 0 aliphatic carbocycles. The summed E-state index contributed by atoms with van der Waals surface area (Å²) in [6, 6.07) is 7.98. The smallest absolute Gasteiger partial charge is 0.263 e. The van der Waals surface area contributed by atoms with Gasteiger partial charge < -0.3 is 5.73 Å². The lowest BCUT2D eigenvalue weighted by Crippen LogP contribution is -2.14. The Hall–Kier alpha value is -1.31. The van der Waals surface area contributed by atoms with Crippen LogP contribution in [-0.4, -0.2) is 8.42 Å². The molecular weight excluding hydrogens is 371 g/mol. The van der Waals surface area contributed by atoms with Crippen LogP contribution in [0.2, 0.25) is 5.02 Å². The summed E-state index contributed by atoms with van der Waals surface area (Å²) in [5.41, 5.74) is 5.89. The molecule has 0 aromatic heterocycles. The summed E-state index contributed by atoms with van der Waals surface area (Å²) in [5.74, 6) is -0.580. The van der Waals surface area contributed by atoms with E-state index in [9.17, 15) is 12.8 Å². The Bertz CT molecular complexity index is 768. The maximum Gasteiger partial charge on any atom is 0.263 e. The Morgan fingerprint density at radius 1 is 1.20 bits per heavy atom. The molecule has 0 unspecified atom stereocenters. The minimum absolute atomic E-state index is 0.0317. The van der Waals surface area contributed by atoms with Crippen molar-refractivity contribution < 1.29 is 12.8 Å². The third kappa shape index (κ3) is 3.23. The predicted molar refractivity (Wildman–Crippen MR) is 80.8 cm³/mol. The maximum absolute atomic E-state index is 13.4. The molecule has 0 fully saturated rings. The van der Waals surface area contributed by atoms with E-state index < -0.39 is 15.8 Å². The van der Waals surface area contributed by atoms with Crippen molar-refractivity contribution in [1.29, 1.82) is 0 Å². The number of anilines is 2. The topological polar surface area (TPSA) is 72.2 Å². The SMILES string of the molecule is Nc1ccc(Cl)c(S(=O)(=O)Nc2ccc(Br)c(F)c2)c1. The van der Waals surface area contributed by atoms with Gasteiger partial charge >= 0.3 is 0 Å². The van der Waals surface area contributed by atoms with E-state index in [1.807, 2.05) is 0 Å². The first-order valence-electron chi connectivity index (χ1n) is 5.32. The fourth-order valence-electron chi connectivity index (χ4n) is 1.50. The highest BCUT2D eigenvalue weighted by atomic mass is 79.9. The number of rotatable bonds is 3. The fourth-order valence-corrected chi connectivity index (χ4v) is 3.33. The summed E-state index contributed by atoms with van der Waals surface area (Å²) in [4.78, 5) is -0.164. The zero-order valence-corrected chi connectivity index (χ0v) is 13.1. The van der Waals surface area contributed by atoms with Gasteiger partial charge in [0.25, 0.3) is 10.0 Å². The number of nitrogens with two attached hydrogens (primary N) is 1. The van der Waals surface area contributed by atoms with Crippen LogP contribution in [0.1, 0.15) is 0 Å². The third-order valence-corrected chi connectivity index (χ3v) is 4.92. The van der Waals surface area contributed by atoms with Crippen LogP contribution in [0, 0.1) is 5.82 Å². The molecule has 4 nitrogen and oxygen atoms in total. The van der Waals surface area contributed by atoms with Crippen molar-refractivity contribution in [3.63, 3.8) is 0 Å². The maximum atomic E-state index is 13.4. The first-order valence-corrected chi connectivity index (χ1v) is 7.98. The van der Waals surface area contributed by atoms with E-state index in [0.717, 1.165) is 6.07 Å². The van der Waals surface area contributed by atoms with Gasteiger partial charge in [-0.3, -0.25) is 4.72 Å². The number of hydrogen-bond donors (Lipinski definition) is 2. The molecule has 0 bridgehead atoms. The van der Waals surface area contributed by atoms with Crippen molar-refractivity contribution in [2.75, 3.05) is 10.5 Å². The fraction of sp³-hybridized carbons (Fsp3) is 0. The molecule has 0 saturated heterocycles. The average Bonchev–Trinajstić information content (AvgIpc) is 2.36. The number of nitrogen functional groups attached to an aromatic ring is 1. The average molecular weight is 380 g/mol. The van der Waals surface area contributed by atoms with Gasteiger partial charge in [0.05, 0.1) is 15.2 Å². The Kier molecular flexibility index (Phi) is 4.22. The molecule has 0 spiro atoms. The van der Waals surface area contributed by atoms with Crippen molar-refractivity contribution in [2.24, 2.45) is 0 Å². The second kappa shape index (κ2) is 5.59. The van der Waals surface area contributed by atoms with Gasteiger partial charge in [-0.05, 0) is 52.3 Å². The molecule has 0 atom stereocenters. The van der Waals surface area contributed by atoms with Gasteiger partial charge in [0.15, 0.2) is 0 Å². The quantitative estimate of drug-likeness (QED) is 0.800. The molecular formula is C12H9BrClFN2O2S. The van der Waals surface area contributed by atoms with Crippen LogP contribution in [0.3, 0.4) is 0 Å². The zero-order valence-electron chi connectivity index (χ0n) is 9.90. The Morgan fingerprint density at radius 2 is 1.90 bits per heavy atom. The predicted octanol–water partition coefficient (Wildman–Crippen LogP) is 3.62. The molecule has 2 rings (SSSR count). The van der Waals surface area contributed by atoms with Gasteiger partial charge in [0.2, 0.25) is 0 Å². The highest BCUT2D eigenvalue weighted by Crippen LogP contribution is 2.27. The molecule has 0 amide bonds. The van der Waals surface area contributed by atoms with Crippen LogP contribution < -0.4 is 10.5 Å². The van der Waals surface area contributed by atoms with Gasteiger partial charge in [-0.1, -0.05) is 11.6 Å². The molecule has 2 aromatic carbocycles. The Morgan fingerprint density at radius 3 is 2.55 bits per heavy atom. The molecule has 0 aliphatic rings. The third-order valence-electron chi connectivity index (χ3n) is 2.42. The second-order valence-corrected chi connectivity index (χ2v) is 6.84. The summed E-state index contributed by atoms with van der Waals surface area (Å²) in [6.07, 6.45) is 0. The van der Waals surface area contributed by atoms with Crippen LogP contribution in [-0.2, 0) is 10.0 Å². The van der Waals surface area contributed by atoms with Crippen LogP contribution in [0.5, 0.6) is 0 Å². The van der Waals surface area contributed by atoms with E-state index >= 15 is 0 Å². The number of nitrogens with one attached hydrogen (secondary N) is 1. The van der Waals surface area contributed by atoms with Gasteiger partial charge in [0, 0.05) is 5.69 Å². The minimum Gasteiger partial charge on any atom is -0.399 e. The van der Waals surface area contributed by atoms with Crippen LogP contribution >= 0.6 is 27.5 Å². The molecule has 8 heteroatoms. The zero-order chi connectivity index (χ0) is 14.9. The molecule has 20 heavy (non-hydrogen) atoms. The lowest BCUT2D eigenvalue weighted by molar-refractivity contribution is 0.601. The van der Waals surface area contributed by atoms with Crippen molar-refractivity contribution in [1.82, 2.24) is 0 Å². The van der Waals surface area contributed by atoms with E-state index in [2.05, 4.69) is 20.7 Å². The van der Waals surface area contributed by atoms with Gasteiger partial charge in [-0.15, -0.1) is 0 Å². The monoisotopic (exact) mass is 378 g/mol. The van der Waals surface area contributed by atoms with Crippen molar-refractivity contribution in [3.8, 4) is 0 Å². The largest absolute Gasteiger partial charge is 0.399 e. The molecule has 2 aromatic rings. The normalized spacial score (nSPS) is 11.3. The molecule has 0 saturated carbocycles. The van der Waals surface area contributed by atoms with E-state index in [1.54, 1.807) is 0 Å². The van der Waals surface area contributed by atoms with Crippen LogP contribution in [0.15, 0.2) is 45.8 Å². The summed E-state index contributed by atoms with van der Waals surface area (Å²) >= 11 is 8.83. The van der Waals surface area contributed by atoms with E-state index in [0.29, 0.717) is 0 Å². The molecule has 0 radical (unpaired) electrons. The van der Waals surface area contributed by atoms with Crippen LogP contribution in [0.4, 0.5) is 15.8 Å². The number of sulfonamides is 1. The van der Waals surface area contributed by atoms with Gasteiger partial charge in [-0.2, -0.15) is 0 Å². The molecule has 106 valence electrons. The molecule has 0 aliphatic heterocycles. The summed E-state index contributed by atoms with van der Waals surface area (Å²) in [5, 5.41) is 0.0317. The lowest BCUT2D eigenvalue weighted by Gasteiger charge is -2.10.